The molecule has 0 saturated heterocycles. The Kier molecular flexibility index (Phi) is 9.63. The number of hydrogen-bond acceptors (Lipinski definition) is 5. The fourth-order valence-electron chi connectivity index (χ4n) is 3.52. The molecule has 0 radical (unpaired) electrons. The minimum atomic E-state index is -0.259. The van der Waals surface area contributed by atoms with Gasteiger partial charge in [-0.2, -0.15) is 0 Å². The first-order valence-electron chi connectivity index (χ1n) is 9.69. The largest absolute Gasteiger partial charge is 0.489 e. The van der Waals surface area contributed by atoms with Crippen LogP contribution in [0.3, 0.4) is 0 Å². The van der Waals surface area contributed by atoms with E-state index in [1.165, 1.54) is 46.3 Å². The van der Waals surface area contributed by atoms with Gasteiger partial charge in [0, 0.05) is 17.2 Å². The van der Waals surface area contributed by atoms with Crippen LogP contribution in [-0.4, -0.2) is 50.8 Å². The summed E-state index contributed by atoms with van der Waals surface area (Å²) in [7, 11) is 6.69. The summed E-state index contributed by atoms with van der Waals surface area (Å²) < 4.78 is 10.3. The molecule has 1 aliphatic rings. The predicted molar refractivity (Wildman–Crippen MR) is 104 cm³/mol. The van der Waals surface area contributed by atoms with Crippen molar-refractivity contribution in [2.45, 2.75) is 71.3 Å². The van der Waals surface area contributed by atoms with E-state index < -0.39 is 0 Å². The molecular formula is C21H35NO4. The van der Waals surface area contributed by atoms with Gasteiger partial charge in [0.25, 0.3) is 0 Å². The Bertz CT molecular complexity index is 560. The Morgan fingerprint density at radius 3 is 1.85 bits per heavy atom. The Hall–Kier alpha value is -1.62. The minimum Gasteiger partial charge on any atom is -0.489 e. The Labute approximate surface area is 158 Å². The van der Waals surface area contributed by atoms with E-state index in [0.717, 1.165) is 19.3 Å². The number of allylic oxidation sites excluding steroid dienone is 2. The minimum absolute atomic E-state index is 0.00665. The summed E-state index contributed by atoms with van der Waals surface area (Å²) >= 11 is 0. The molecule has 0 N–H and O–H groups in total. The van der Waals surface area contributed by atoms with Crippen LogP contribution in [0.1, 0.15) is 65.2 Å². The summed E-state index contributed by atoms with van der Waals surface area (Å²) in [6.45, 7) is 3.93. The van der Waals surface area contributed by atoms with Gasteiger partial charge in [-0.25, -0.2) is 0 Å². The second-order valence-corrected chi connectivity index (χ2v) is 7.15. The summed E-state index contributed by atoms with van der Waals surface area (Å²) in [4.78, 5) is 27.5. The molecule has 0 amide bonds. The lowest BCUT2D eigenvalue weighted by Gasteiger charge is -2.30. The van der Waals surface area contributed by atoms with Crippen molar-refractivity contribution in [1.29, 1.82) is 0 Å². The fourth-order valence-corrected chi connectivity index (χ4v) is 3.52. The van der Waals surface area contributed by atoms with Crippen molar-refractivity contribution < 1.29 is 19.1 Å². The Morgan fingerprint density at radius 1 is 0.846 bits per heavy atom. The molecule has 5 heteroatoms. The monoisotopic (exact) mass is 365 g/mol. The highest BCUT2D eigenvalue weighted by Crippen LogP contribution is 2.30. The number of nitrogens with zero attached hydrogens (tertiary/aromatic N) is 1. The number of ketones is 2. The molecule has 0 aromatic heterocycles. The second kappa shape index (κ2) is 11.2. The van der Waals surface area contributed by atoms with Crippen LogP contribution in [0.5, 0.6) is 0 Å². The van der Waals surface area contributed by atoms with Gasteiger partial charge in [-0.05, 0) is 27.4 Å². The number of rotatable bonds is 12. The number of ether oxygens (including phenoxy) is 2. The topological polar surface area (TPSA) is 55.8 Å². The van der Waals surface area contributed by atoms with Crippen molar-refractivity contribution in [1.82, 2.24) is 4.90 Å². The third kappa shape index (κ3) is 5.44. The van der Waals surface area contributed by atoms with Crippen LogP contribution in [0.25, 0.3) is 0 Å². The maximum atomic E-state index is 12.9. The van der Waals surface area contributed by atoms with Gasteiger partial charge in [-0.3, -0.25) is 9.59 Å². The van der Waals surface area contributed by atoms with Crippen molar-refractivity contribution in [3.8, 4) is 0 Å². The van der Waals surface area contributed by atoms with Crippen LogP contribution in [0, 0.1) is 0 Å². The van der Waals surface area contributed by atoms with Gasteiger partial charge in [0.05, 0.1) is 14.2 Å². The van der Waals surface area contributed by atoms with E-state index >= 15 is 0 Å². The second-order valence-electron chi connectivity index (χ2n) is 7.15. The molecule has 0 aliphatic heterocycles. The molecule has 1 atom stereocenters. The van der Waals surface area contributed by atoms with E-state index in [0.29, 0.717) is 11.1 Å². The van der Waals surface area contributed by atoms with Crippen molar-refractivity contribution in [3.63, 3.8) is 0 Å². The van der Waals surface area contributed by atoms with Crippen LogP contribution >= 0.6 is 0 Å². The molecular weight excluding hydrogens is 330 g/mol. The summed E-state index contributed by atoms with van der Waals surface area (Å²) in [6.07, 6.45) is 9.39. The first-order valence-corrected chi connectivity index (χ1v) is 9.69. The van der Waals surface area contributed by atoms with Gasteiger partial charge in [0.1, 0.15) is 0 Å². The van der Waals surface area contributed by atoms with Gasteiger partial charge in [0.2, 0.25) is 23.1 Å². The molecule has 0 saturated carbocycles. The fraction of sp³-hybridized carbons (Fsp3) is 0.714. The molecule has 0 aromatic rings. The van der Waals surface area contributed by atoms with E-state index in [9.17, 15) is 9.59 Å². The zero-order valence-corrected chi connectivity index (χ0v) is 17.3. The van der Waals surface area contributed by atoms with Crippen LogP contribution < -0.4 is 0 Å². The number of likely N-dealkylation sites (N-methyl/N-ethyl adjacent to an activating group) is 1. The average molecular weight is 366 g/mol. The Morgan fingerprint density at radius 2 is 1.35 bits per heavy atom. The third-order valence-electron chi connectivity index (χ3n) is 5.05. The average Bonchev–Trinajstić information content (AvgIpc) is 2.61. The van der Waals surface area contributed by atoms with Crippen molar-refractivity contribution in [2.75, 3.05) is 28.3 Å². The van der Waals surface area contributed by atoms with Gasteiger partial charge in [-0.15, -0.1) is 0 Å². The Balaban J connectivity index is 2.84. The lowest BCUT2D eigenvalue weighted by molar-refractivity contribution is -0.121. The van der Waals surface area contributed by atoms with E-state index in [-0.39, 0.29) is 29.1 Å². The predicted octanol–water partition coefficient (Wildman–Crippen LogP) is 4.03. The highest BCUT2D eigenvalue weighted by Gasteiger charge is 2.38. The highest BCUT2D eigenvalue weighted by molar-refractivity contribution is 6.23. The molecule has 0 heterocycles. The van der Waals surface area contributed by atoms with Gasteiger partial charge in [0.15, 0.2) is 0 Å². The number of hydrogen-bond donors (Lipinski definition) is 0. The lowest BCUT2D eigenvalue weighted by Crippen LogP contribution is -2.38. The maximum absolute atomic E-state index is 12.9. The van der Waals surface area contributed by atoms with Crippen LogP contribution in [0.15, 0.2) is 22.7 Å². The molecule has 5 nitrogen and oxygen atoms in total. The number of unbranched alkanes of at least 4 members (excludes halogenated alkanes) is 6. The van der Waals surface area contributed by atoms with Crippen LogP contribution in [0.4, 0.5) is 0 Å². The van der Waals surface area contributed by atoms with Crippen molar-refractivity contribution in [2.24, 2.45) is 0 Å². The quantitative estimate of drug-likeness (QED) is 0.386. The molecule has 1 aliphatic carbocycles. The smallest absolute Gasteiger partial charge is 0.229 e. The highest BCUT2D eigenvalue weighted by atomic mass is 16.5. The summed E-state index contributed by atoms with van der Waals surface area (Å²) in [6, 6.07) is -0.0920. The van der Waals surface area contributed by atoms with Crippen molar-refractivity contribution in [3.05, 3.63) is 22.7 Å². The number of carbonyl (C=O) groups excluding carboxylic acids is 2. The van der Waals surface area contributed by atoms with Gasteiger partial charge < -0.3 is 14.4 Å². The van der Waals surface area contributed by atoms with Gasteiger partial charge in [-0.1, -0.05) is 51.9 Å². The van der Waals surface area contributed by atoms with E-state index in [4.69, 9.17) is 9.47 Å². The van der Waals surface area contributed by atoms with E-state index in [2.05, 4.69) is 6.92 Å². The van der Waals surface area contributed by atoms with Crippen LogP contribution in [0.2, 0.25) is 0 Å². The van der Waals surface area contributed by atoms with E-state index in [1.807, 2.05) is 19.0 Å². The molecule has 1 unspecified atom stereocenters. The summed E-state index contributed by atoms with van der Waals surface area (Å²) in [5, 5.41) is 0. The summed E-state index contributed by atoms with van der Waals surface area (Å²) in [5.41, 5.74) is 1.01. The lowest BCUT2D eigenvalue weighted by atomic mass is 9.85. The number of carbonyl (C=O) groups is 2. The van der Waals surface area contributed by atoms with Crippen LogP contribution in [-0.2, 0) is 19.1 Å². The summed E-state index contributed by atoms with van der Waals surface area (Å²) in [5.74, 6) is -0.467. The zero-order valence-electron chi connectivity index (χ0n) is 17.3. The van der Waals surface area contributed by atoms with Crippen molar-refractivity contribution >= 4 is 11.6 Å². The molecule has 26 heavy (non-hydrogen) atoms. The third-order valence-corrected chi connectivity index (χ3v) is 5.05. The number of Topliss-reactive ketones (excluding diaryl/α,β-unsaturated/α-hetero) is 2. The molecule has 0 spiro atoms. The first kappa shape index (κ1) is 22.4. The zero-order chi connectivity index (χ0) is 19.7. The molecule has 148 valence electrons. The number of methoxy groups -OCH3 is 2. The standard InChI is InChI=1S/C21H35NO4/c1-7-8-9-10-11-12-13-14-16(22(3)4)17-15(2)18(23)20(25-5)21(26-6)19(17)24/h16H,7-14H2,1-6H3. The van der Waals surface area contributed by atoms with Gasteiger partial charge >= 0.3 is 0 Å². The normalized spacial score (nSPS) is 16.6. The molecule has 0 aromatic carbocycles. The first-order chi connectivity index (χ1) is 12.4. The van der Waals surface area contributed by atoms with E-state index in [1.54, 1.807) is 6.92 Å². The SMILES string of the molecule is CCCCCCCCCC(C1=C(C)C(=O)C(OC)=C(OC)C1=O)N(C)C. The molecule has 0 bridgehead atoms. The molecule has 0 fully saturated rings. The molecule has 1 rings (SSSR count). The maximum Gasteiger partial charge on any atom is 0.229 e.